The first-order chi connectivity index (χ1) is 15.8. The predicted molar refractivity (Wildman–Crippen MR) is 128 cm³/mol. The Bertz CT molecular complexity index is 1320. The lowest BCUT2D eigenvalue weighted by molar-refractivity contribution is -0.120. The number of hydrogen-bond donors (Lipinski definition) is 1. The number of rotatable bonds is 5. The Balaban J connectivity index is 1.50. The number of nitrogens with one attached hydrogen (secondary N) is 1. The van der Waals surface area contributed by atoms with Crippen molar-refractivity contribution in [2.24, 2.45) is 0 Å². The van der Waals surface area contributed by atoms with Gasteiger partial charge in [-0.3, -0.25) is 9.59 Å². The molecule has 166 valence electrons. The van der Waals surface area contributed by atoms with E-state index in [1.54, 1.807) is 61.5 Å². The Hall–Kier alpha value is -3.32. The molecule has 0 bridgehead atoms. The summed E-state index contributed by atoms with van der Waals surface area (Å²) >= 11 is 18.2. The number of benzene rings is 3. The van der Waals surface area contributed by atoms with Crippen LogP contribution in [0.15, 0.2) is 77.5 Å². The first-order valence-corrected chi connectivity index (χ1v) is 10.8. The number of hydrogen-bond acceptors (Lipinski definition) is 5. The van der Waals surface area contributed by atoms with Crippen LogP contribution in [0.5, 0.6) is 5.75 Å². The van der Waals surface area contributed by atoms with Crippen molar-refractivity contribution in [2.45, 2.75) is 6.92 Å². The monoisotopic (exact) mass is 500 g/mol. The fourth-order valence-electron chi connectivity index (χ4n) is 3.22. The van der Waals surface area contributed by atoms with Gasteiger partial charge in [0.05, 0.1) is 16.3 Å². The van der Waals surface area contributed by atoms with Gasteiger partial charge in [-0.1, -0.05) is 46.9 Å². The van der Waals surface area contributed by atoms with Gasteiger partial charge in [-0.2, -0.15) is 0 Å². The van der Waals surface area contributed by atoms with Crippen LogP contribution in [0.25, 0.3) is 0 Å². The molecule has 33 heavy (non-hydrogen) atoms. The second-order valence-electron chi connectivity index (χ2n) is 7.09. The molecule has 0 saturated carbocycles. The van der Waals surface area contributed by atoms with Crippen molar-refractivity contribution in [3.05, 3.63) is 98.6 Å². The largest absolute Gasteiger partial charge is 0.421 e. The van der Waals surface area contributed by atoms with Crippen LogP contribution in [0.3, 0.4) is 0 Å². The van der Waals surface area contributed by atoms with Crippen molar-refractivity contribution in [3.63, 3.8) is 0 Å². The van der Waals surface area contributed by atoms with Gasteiger partial charge in [0.15, 0.2) is 0 Å². The molecular weight excluding hydrogens is 487 g/mol. The third-order valence-corrected chi connectivity index (χ3v) is 5.75. The standard InChI is InChI=1S/C24H15Cl3N2O4/c1-13-12-15(25)8-11-18(13)29-22(30)20(27)21(23(29)31)28-16-9-6-14(7-10-16)24(32)33-19-5-3-2-4-17(19)26/h2-12,28H,1H3. The summed E-state index contributed by atoms with van der Waals surface area (Å²) in [4.78, 5) is 39.0. The number of ether oxygens (including phenoxy) is 1. The zero-order valence-corrected chi connectivity index (χ0v) is 19.3. The Labute approximate surface area is 204 Å². The maximum Gasteiger partial charge on any atom is 0.343 e. The summed E-state index contributed by atoms with van der Waals surface area (Å²) in [5, 5.41) is 3.43. The van der Waals surface area contributed by atoms with E-state index in [4.69, 9.17) is 39.5 Å². The van der Waals surface area contributed by atoms with E-state index in [1.807, 2.05) is 0 Å². The van der Waals surface area contributed by atoms with E-state index in [1.165, 1.54) is 12.1 Å². The van der Waals surface area contributed by atoms with Crippen LogP contribution in [0.2, 0.25) is 10.0 Å². The zero-order valence-electron chi connectivity index (χ0n) is 17.1. The number of esters is 1. The van der Waals surface area contributed by atoms with E-state index in [9.17, 15) is 14.4 Å². The molecule has 2 amide bonds. The Morgan fingerprint density at radius 1 is 0.909 bits per heavy atom. The molecule has 6 nitrogen and oxygen atoms in total. The van der Waals surface area contributed by atoms with Crippen LogP contribution in [0.4, 0.5) is 11.4 Å². The first kappa shape index (κ1) is 22.9. The molecule has 0 atom stereocenters. The molecule has 0 unspecified atom stereocenters. The maximum atomic E-state index is 13.0. The van der Waals surface area contributed by atoms with E-state index in [0.717, 1.165) is 4.90 Å². The summed E-state index contributed by atoms with van der Waals surface area (Å²) < 4.78 is 5.30. The minimum atomic E-state index is -0.644. The van der Waals surface area contributed by atoms with Gasteiger partial charge < -0.3 is 10.1 Å². The van der Waals surface area contributed by atoms with Crippen molar-refractivity contribution in [1.29, 1.82) is 0 Å². The summed E-state index contributed by atoms with van der Waals surface area (Å²) in [5.41, 5.74) is 1.70. The molecule has 3 aromatic rings. The summed E-state index contributed by atoms with van der Waals surface area (Å²) in [7, 11) is 0. The van der Waals surface area contributed by atoms with Crippen molar-refractivity contribution >= 4 is 64.0 Å². The number of carbonyl (C=O) groups excluding carboxylic acids is 3. The molecule has 9 heteroatoms. The molecule has 1 N–H and O–H groups in total. The SMILES string of the molecule is Cc1cc(Cl)ccc1N1C(=O)C(Cl)=C(Nc2ccc(C(=O)Oc3ccccc3Cl)cc2)C1=O. The first-order valence-electron chi connectivity index (χ1n) is 9.65. The van der Waals surface area contributed by atoms with Crippen molar-refractivity contribution in [2.75, 3.05) is 10.2 Å². The number of carbonyl (C=O) groups is 3. The third-order valence-electron chi connectivity index (χ3n) is 4.86. The van der Waals surface area contributed by atoms with E-state index in [0.29, 0.717) is 27.0 Å². The number of para-hydroxylation sites is 1. The molecule has 4 rings (SSSR count). The molecular formula is C24H15Cl3N2O4. The lowest BCUT2D eigenvalue weighted by Gasteiger charge is -2.17. The number of amides is 2. The van der Waals surface area contributed by atoms with Crippen LogP contribution in [0, 0.1) is 6.92 Å². The van der Waals surface area contributed by atoms with Crippen molar-refractivity contribution < 1.29 is 19.1 Å². The molecule has 1 heterocycles. The second-order valence-corrected chi connectivity index (χ2v) is 8.31. The third kappa shape index (κ3) is 4.59. The minimum Gasteiger partial charge on any atom is -0.421 e. The molecule has 1 aliphatic heterocycles. The fraction of sp³-hybridized carbons (Fsp3) is 0.0417. The van der Waals surface area contributed by atoms with Gasteiger partial charge in [0.1, 0.15) is 16.5 Å². The maximum absolute atomic E-state index is 13.0. The number of aryl methyl sites for hydroxylation is 1. The van der Waals surface area contributed by atoms with Gasteiger partial charge >= 0.3 is 5.97 Å². The van der Waals surface area contributed by atoms with E-state index in [2.05, 4.69) is 5.32 Å². The highest BCUT2D eigenvalue weighted by Gasteiger charge is 2.39. The molecule has 0 saturated heterocycles. The number of anilines is 2. The molecule has 0 aliphatic carbocycles. The van der Waals surface area contributed by atoms with Crippen molar-refractivity contribution in [3.8, 4) is 5.75 Å². The topological polar surface area (TPSA) is 75.7 Å². The Kier molecular flexibility index (Phi) is 6.42. The second kappa shape index (κ2) is 9.27. The fourth-order valence-corrected chi connectivity index (χ4v) is 3.83. The van der Waals surface area contributed by atoms with Gasteiger partial charge in [-0.25, -0.2) is 9.69 Å². The van der Waals surface area contributed by atoms with Gasteiger partial charge in [0.25, 0.3) is 11.8 Å². The number of imide groups is 1. The van der Waals surface area contributed by atoms with Crippen LogP contribution in [0.1, 0.15) is 15.9 Å². The molecule has 0 aromatic heterocycles. The Morgan fingerprint density at radius 3 is 2.27 bits per heavy atom. The highest BCUT2D eigenvalue weighted by molar-refractivity contribution is 6.53. The highest BCUT2D eigenvalue weighted by atomic mass is 35.5. The van der Waals surface area contributed by atoms with E-state index >= 15 is 0 Å². The molecule has 0 spiro atoms. The van der Waals surface area contributed by atoms with Gasteiger partial charge in [-0.05, 0) is 67.1 Å². The van der Waals surface area contributed by atoms with Gasteiger partial charge in [-0.15, -0.1) is 0 Å². The minimum absolute atomic E-state index is 0.0672. The van der Waals surface area contributed by atoms with Crippen molar-refractivity contribution in [1.82, 2.24) is 0 Å². The molecule has 3 aromatic carbocycles. The van der Waals surface area contributed by atoms with Gasteiger partial charge in [0, 0.05) is 10.7 Å². The quantitative estimate of drug-likeness (QED) is 0.265. The summed E-state index contributed by atoms with van der Waals surface area (Å²) in [5.74, 6) is -1.59. The normalized spacial score (nSPS) is 13.5. The lowest BCUT2D eigenvalue weighted by atomic mass is 10.2. The van der Waals surface area contributed by atoms with Crippen LogP contribution in [-0.4, -0.2) is 17.8 Å². The smallest absolute Gasteiger partial charge is 0.343 e. The number of nitrogens with zero attached hydrogens (tertiary/aromatic N) is 1. The summed E-state index contributed by atoms with van der Waals surface area (Å²) in [6.07, 6.45) is 0. The van der Waals surface area contributed by atoms with E-state index in [-0.39, 0.29) is 22.0 Å². The average Bonchev–Trinajstić information content (AvgIpc) is 2.99. The Morgan fingerprint density at radius 2 is 1.61 bits per heavy atom. The van der Waals surface area contributed by atoms with Crippen LogP contribution < -0.4 is 15.0 Å². The molecule has 1 aliphatic rings. The van der Waals surface area contributed by atoms with Gasteiger partial charge in [0.2, 0.25) is 0 Å². The van der Waals surface area contributed by atoms with E-state index < -0.39 is 17.8 Å². The van der Waals surface area contributed by atoms with Crippen LogP contribution in [-0.2, 0) is 9.59 Å². The molecule has 0 fully saturated rings. The predicted octanol–water partition coefficient (Wildman–Crippen LogP) is 5.96. The zero-order chi connectivity index (χ0) is 23.7. The molecule has 0 radical (unpaired) electrons. The van der Waals surface area contributed by atoms with Crippen LogP contribution >= 0.6 is 34.8 Å². The lowest BCUT2D eigenvalue weighted by Crippen LogP contribution is -2.32. The summed E-state index contributed by atoms with van der Waals surface area (Å²) in [6, 6.07) is 17.6. The summed E-state index contributed by atoms with van der Waals surface area (Å²) in [6.45, 7) is 1.74. The average molecular weight is 502 g/mol. The number of halogens is 3. The highest BCUT2D eigenvalue weighted by Crippen LogP contribution is 2.33.